The van der Waals surface area contributed by atoms with Crippen LogP contribution in [0.25, 0.3) is 0 Å². The molecule has 0 aromatic rings. The molecular weight excluding hydrogens is 240 g/mol. The van der Waals surface area contributed by atoms with Gasteiger partial charge >= 0.3 is 5.97 Å². The van der Waals surface area contributed by atoms with Crippen LogP contribution >= 0.6 is 25.3 Å². The van der Waals surface area contributed by atoms with Crippen LogP contribution in [0.3, 0.4) is 0 Å². The minimum atomic E-state index is -0.363. The Hall–Kier alpha value is -0.0900. The summed E-state index contributed by atoms with van der Waals surface area (Å²) in [6.45, 7) is 7.54. The minimum absolute atomic E-state index is 0.101. The van der Waals surface area contributed by atoms with Crippen molar-refractivity contribution >= 4 is 31.2 Å². The van der Waals surface area contributed by atoms with Gasteiger partial charge in [-0.3, -0.25) is 0 Å². The third-order valence-corrected chi connectivity index (χ3v) is 3.61. The quantitative estimate of drug-likeness (QED) is 0.399. The van der Waals surface area contributed by atoms with Crippen LogP contribution in [0.5, 0.6) is 0 Å². The molecule has 0 heterocycles. The highest BCUT2D eigenvalue weighted by molar-refractivity contribution is 7.81. The Morgan fingerprint density at radius 2 is 1.69 bits per heavy atom. The molecule has 0 fully saturated rings. The highest BCUT2D eigenvalue weighted by Crippen LogP contribution is 2.19. The number of hydrogen-bond donors (Lipinski definition) is 2. The van der Waals surface area contributed by atoms with Crippen LogP contribution in [0, 0.1) is 0 Å². The summed E-state index contributed by atoms with van der Waals surface area (Å²) in [5.74, 6) is -0.363. The van der Waals surface area contributed by atoms with E-state index in [9.17, 15) is 4.79 Å². The summed E-state index contributed by atoms with van der Waals surface area (Å²) in [4.78, 5) is 11.2. The van der Waals surface area contributed by atoms with Crippen molar-refractivity contribution in [3.63, 3.8) is 0 Å². The number of carbonyl (C=O) groups excluding carboxylic acids is 1. The maximum atomic E-state index is 11.2. The standard InChI is InChI=1S/C12H22O2S2/c1-4-10(15)7-9(8-11(16)5-2)14-12(13)6-3/h6,9-11,15-16H,3-5,7-8H2,1-2H3. The largest absolute Gasteiger partial charge is 0.459 e. The number of hydrogen-bond acceptors (Lipinski definition) is 4. The van der Waals surface area contributed by atoms with Crippen molar-refractivity contribution < 1.29 is 9.53 Å². The number of rotatable bonds is 8. The Morgan fingerprint density at radius 1 is 1.25 bits per heavy atom. The molecule has 0 aromatic heterocycles. The maximum Gasteiger partial charge on any atom is 0.330 e. The van der Waals surface area contributed by atoms with Crippen LogP contribution in [0.15, 0.2) is 12.7 Å². The Kier molecular flexibility index (Phi) is 8.94. The van der Waals surface area contributed by atoms with E-state index in [0.29, 0.717) is 0 Å². The number of esters is 1. The van der Waals surface area contributed by atoms with E-state index in [1.807, 2.05) is 0 Å². The highest BCUT2D eigenvalue weighted by atomic mass is 32.1. The van der Waals surface area contributed by atoms with Gasteiger partial charge in [-0.2, -0.15) is 25.3 Å². The van der Waals surface area contributed by atoms with E-state index in [1.165, 1.54) is 6.08 Å². The van der Waals surface area contributed by atoms with Crippen LogP contribution in [-0.4, -0.2) is 22.6 Å². The monoisotopic (exact) mass is 262 g/mol. The third kappa shape index (κ3) is 7.23. The van der Waals surface area contributed by atoms with Gasteiger partial charge in [0, 0.05) is 16.6 Å². The lowest BCUT2D eigenvalue weighted by molar-refractivity contribution is -0.143. The van der Waals surface area contributed by atoms with Crippen molar-refractivity contribution in [2.45, 2.75) is 56.1 Å². The molecule has 0 amide bonds. The first-order valence-corrected chi connectivity index (χ1v) is 6.75. The van der Waals surface area contributed by atoms with Crippen LogP contribution in [0.2, 0.25) is 0 Å². The molecule has 0 aliphatic heterocycles. The topological polar surface area (TPSA) is 26.3 Å². The summed E-state index contributed by atoms with van der Waals surface area (Å²) < 4.78 is 5.29. The zero-order valence-corrected chi connectivity index (χ0v) is 11.8. The first-order valence-electron chi connectivity index (χ1n) is 5.72. The van der Waals surface area contributed by atoms with Gasteiger partial charge in [0.15, 0.2) is 0 Å². The molecule has 0 aliphatic rings. The Morgan fingerprint density at radius 3 is 2.00 bits per heavy atom. The van der Waals surface area contributed by atoms with E-state index in [-0.39, 0.29) is 22.6 Å². The summed E-state index contributed by atoms with van der Waals surface area (Å²) in [5.41, 5.74) is 0. The summed E-state index contributed by atoms with van der Waals surface area (Å²) in [6.07, 6.45) is 4.58. The van der Waals surface area contributed by atoms with Crippen LogP contribution < -0.4 is 0 Å². The molecule has 0 saturated carbocycles. The van der Waals surface area contributed by atoms with Crippen LogP contribution in [0.4, 0.5) is 0 Å². The molecular formula is C12H22O2S2. The Bertz CT molecular complexity index is 207. The molecule has 0 bridgehead atoms. The summed E-state index contributed by atoms with van der Waals surface area (Å²) >= 11 is 8.86. The predicted molar refractivity (Wildman–Crippen MR) is 75.4 cm³/mol. The van der Waals surface area contributed by atoms with E-state index >= 15 is 0 Å². The smallest absolute Gasteiger partial charge is 0.330 e. The molecule has 0 saturated heterocycles. The zero-order chi connectivity index (χ0) is 12.6. The lowest BCUT2D eigenvalue weighted by atomic mass is 10.1. The van der Waals surface area contributed by atoms with Crippen molar-refractivity contribution in [2.75, 3.05) is 0 Å². The van der Waals surface area contributed by atoms with E-state index in [1.54, 1.807) is 0 Å². The molecule has 4 heteroatoms. The first kappa shape index (κ1) is 15.9. The average molecular weight is 262 g/mol. The predicted octanol–water partition coefficient (Wildman–Crippen LogP) is 3.28. The molecule has 94 valence electrons. The molecule has 2 atom stereocenters. The highest BCUT2D eigenvalue weighted by Gasteiger charge is 2.18. The fraction of sp³-hybridized carbons (Fsp3) is 0.750. The molecule has 0 aliphatic carbocycles. The fourth-order valence-corrected chi connectivity index (χ4v) is 1.82. The SMILES string of the molecule is C=CC(=O)OC(CC(S)CC)CC(S)CC. The van der Waals surface area contributed by atoms with Crippen molar-refractivity contribution in [3.05, 3.63) is 12.7 Å². The van der Waals surface area contributed by atoms with E-state index in [4.69, 9.17) is 4.74 Å². The van der Waals surface area contributed by atoms with Gasteiger partial charge in [-0.25, -0.2) is 4.79 Å². The molecule has 0 rings (SSSR count). The molecule has 16 heavy (non-hydrogen) atoms. The maximum absolute atomic E-state index is 11.2. The summed E-state index contributed by atoms with van der Waals surface area (Å²) in [6, 6.07) is 0. The normalized spacial score (nSPS) is 16.2. The number of thiol groups is 2. The third-order valence-electron chi connectivity index (χ3n) is 2.46. The van der Waals surface area contributed by atoms with Crippen LogP contribution in [-0.2, 0) is 9.53 Å². The minimum Gasteiger partial charge on any atom is -0.459 e. The molecule has 0 N–H and O–H groups in total. The van der Waals surface area contributed by atoms with Gasteiger partial charge in [-0.05, 0) is 25.7 Å². The van der Waals surface area contributed by atoms with Crippen molar-refractivity contribution in [1.82, 2.24) is 0 Å². The van der Waals surface area contributed by atoms with E-state index in [2.05, 4.69) is 45.7 Å². The summed E-state index contributed by atoms with van der Waals surface area (Å²) in [5, 5.41) is 0.528. The second-order valence-electron chi connectivity index (χ2n) is 3.86. The van der Waals surface area contributed by atoms with Gasteiger partial charge in [0.05, 0.1) is 0 Å². The van der Waals surface area contributed by atoms with Gasteiger partial charge in [-0.15, -0.1) is 0 Å². The zero-order valence-electron chi connectivity index (χ0n) is 10.1. The lowest BCUT2D eigenvalue weighted by Gasteiger charge is -2.22. The fourth-order valence-electron chi connectivity index (χ4n) is 1.35. The second kappa shape index (κ2) is 8.99. The molecule has 0 radical (unpaired) electrons. The Labute approximate surface area is 110 Å². The van der Waals surface area contributed by atoms with Crippen molar-refractivity contribution in [2.24, 2.45) is 0 Å². The number of ether oxygens (including phenoxy) is 1. The van der Waals surface area contributed by atoms with Crippen molar-refractivity contribution in [1.29, 1.82) is 0 Å². The molecule has 2 unspecified atom stereocenters. The van der Waals surface area contributed by atoms with E-state index in [0.717, 1.165) is 25.7 Å². The van der Waals surface area contributed by atoms with Gasteiger partial charge in [0.2, 0.25) is 0 Å². The van der Waals surface area contributed by atoms with Gasteiger partial charge in [-0.1, -0.05) is 20.4 Å². The van der Waals surface area contributed by atoms with Crippen LogP contribution in [0.1, 0.15) is 39.5 Å². The average Bonchev–Trinajstić information content (AvgIpc) is 2.28. The summed E-state index contributed by atoms with van der Waals surface area (Å²) in [7, 11) is 0. The number of carbonyl (C=O) groups is 1. The van der Waals surface area contributed by atoms with Gasteiger partial charge < -0.3 is 4.74 Å². The van der Waals surface area contributed by atoms with Crippen molar-refractivity contribution in [3.8, 4) is 0 Å². The van der Waals surface area contributed by atoms with E-state index < -0.39 is 0 Å². The van der Waals surface area contributed by atoms with Gasteiger partial charge in [0.1, 0.15) is 6.10 Å². The molecule has 0 aromatic carbocycles. The first-order chi connectivity index (χ1) is 7.53. The Balaban J connectivity index is 4.25. The van der Waals surface area contributed by atoms with Gasteiger partial charge in [0.25, 0.3) is 0 Å². The molecule has 0 spiro atoms. The second-order valence-corrected chi connectivity index (χ2v) is 5.32. The molecule has 2 nitrogen and oxygen atoms in total. The lowest BCUT2D eigenvalue weighted by Crippen LogP contribution is -2.24.